The van der Waals surface area contributed by atoms with Gasteiger partial charge in [-0.1, -0.05) is 6.92 Å². The highest BCUT2D eigenvalue weighted by Crippen LogP contribution is 2.40. The fourth-order valence-electron chi connectivity index (χ4n) is 3.99. The molecule has 1 saturated carbocycles. The van der Waals surface area contributed by atoms with Gasteiger partial charge >= 0.3 is 0 Å². The molecule has 1 unspecified atom stereocenters. The van der Waals surface area contributed by atoms with Gasteiger partial charge in [-0.2, -0.15) is 5.10 Å². The van der Waals surface area contributed by atoms with Crippen LogP contribution in [0.2, 0.25) is 0 Å². The second-order valence-electron chi connectivity index (χ2n) is 7.97. The van der Waals surface area contributed by atoms with Gasteiger partial charge in [-0.05, 0) is 51.0 Å². The van der Waals surface area contributed by atoms with Gasteiger partial charge in [-0.3, -0.25) is 14.8 Å². The summed E-state index contributed by atoms with van der Waals surface area (Å²) in [6, 6.07) is 1.96. The van der Waals surface area contributed by atoms with Gasteiger partial charge < -0.3 is 0 Å². The van der Waals surface area contributed by atoms with Crippen LogP contribution in [0.5, 0.6) is 0 Å². The Hall–Kier alpha value is -2.28. The first-order valence-corrected chi connectivity index (χ1v) is 10.5. The minimum absolute atomic E-state index is 0.112. The summed E-state index contributed by atoms with van der Waals surface area (Å²) < 4.78 is 1.77. The standard InChI is InChI=1S/C20H23N5OS/c1-10-4-7-14-16(8-10)27-20(22-14)23-19(26)13-9-15(12-5-6-12)21-18-17(13)11(2)24-25(18)3/h9-10,12H,4-8H2,1-3H3,(H,22,23,26). The van der Waals surface area contributed by atoms with Crippen LogP contribution < -0.4 is 5.32 Å². The third-order valence-electron chi connectivity index (χ3n) is 5.64. The largest absolute Gasteiger partial charge is 0.298 e. The van der Waals surface area contributed by atoms with Gasteiger partial charge in [0.05, 0.1) is 22.3 Å². The normalized spacial score (nSPS) is 19.3. The Morgan fingerprint density at radius 2 is 2.11 bits per heavy atom. The number of aromatic nitrogens is 4. The monoisotopic (exact) mass is 381 g/mol. The van der Waals surface area contributed by atoms with E-state index in [1.165, 1.54) is 11.3 Å². The zero-order valence-electron chi connectivity index (χ0n) is 15.9. The van der Waals surface area contributed by atoms with Crippen molar-refractivity contribution in [2.24, 2.45) is 13.0 Å². The van der Waals surface area contributed by atoms with Crippen molar-refractivity contribution in [2.75, 3.05) is 5.32 Å². The summed E-state index contributed by atoms with van der Waals surface area (Å²) in [5.74, 6) is 1.06. The van der Waals surface area contributed by atoms with Crippen LogP contribution in [0.1, 0.15) is 64.4 Å². The van der Waals surface area contributed by atoms with Crippen LogP contribution in [0.15, 0.2) is 6.07 Å². The number of hydrogen-bond acceptors (Lipinski definition) is 5. The van der Waals surface area contributed by atoms with Gasteiger partial charge in [-0.15, -0.1) is 11.3 Å². The molecule has 27 heavy (non-hydrogen) atoms. The van der Waals surface area contributed by atoms with E-state index in [9.17, 15) is 4.79 Å². The van der Waals surface area contributed by atoms with E-state index in [1.807, 2.05) is 20.0 Å². The van der Waals surface area contributed by atoms with Gasteiger partial charge in [0.1, 0.15) is 0 Å². The Balaban J connectivity index is 1.52. The number of hydrogen-bond donors (Lipinski definition) is 1. The minimum Gasteiger partial charge on any atom is -0.298 e. The number of fused-ring (bicyclic) bond motifs is 2. The molecule has 0 aromatic carbocycles. The molecule has 1 N–H and O–H groups in total. The molecule has 0 radical (unpaired) electrons. The molecule has 7 heteroatoms. The molecule has 2 aliphatic rings. The number of carbonyl (C=O) groups excluding carboxylic acids is 1. The number of thiazole rings is 1. The molecular formula is C20H23N5OS. The van der Waals surface area contributed by atoms with E-state index >= 15 is 0 Å². The van der Waals surface area contributed by atoms with Crippen molar-refractivity contribution in [1.29, 1.82) is 0 Å². The van der Waals surface area contributed by atoms with Crippen molar-refractivity contribution in [2.45, 2.75) is 51.9 Å². The Labute approximate surface area is 162 Å². The summed E-state index contributed by atoms with van der Waals surface area (Å²) in [5.41, 5.74) is 4.44. The number of carbonyl (C=O) groups is 1. The van der Waals surface area contributed by atoms with Crippen LogP contribution in [-0.4, -0.2) is 25.7 Å². The number of amides is 1. The lowest BCUT2D eigenvalue weighted by atomic mass is 9.93. The average molecular weight is 382 g/mol. The van der Waals surface area contributed by atoms with Gasteiger partial charge in [0.25, 0.3) is 5.91 Å². The number of rotatable bonds is 3. The van der Waals surface area contributed by atoms with Crippen LogP contribution in [0, 0.1) is 12.8 Å². The molecule has 5 rings (SSSR count). The molecule has 0 bridgehead atoms. The van der Waals surface area contributed by atoms with Crippen molar-refractivity contribution >= 4 is 33.4 Å². The molecule has 2 aliphatic carbocycles. The Morgan fingerprint density at radius 3 is 2.89 bits per heavy atom. The highest BCUT2D eigenvalue weighted by Gasteiger charge is 2.29. The van der Waals surface area contributed by atoms with Crippen LogP contribution >= 0.6 is 11.3 Å². The molecule has 6 nitrogen and oxygen atoms in total. The third-order valence-corrected chi connectivity index (χ3v) is 6.67. The van der Waals surface area contributed by atoms with Crippen LogP contribution in [0.25, 0.3) is 11.0 Å². The molecular weight excluding hydrogens is 358 g/mol. The summed E-state index contributed by atoms with van der Waals surface area (Å²) in [6.45, 7) is 4.21. The third kappa shape index (κ3) is 2.94. The summed E-state index contributed by atoms with van der Waals surface area (Å²) in [4.78, 5) is 23.9. The van der Waals surface area contributed by atoms with E-state index in [0.717, 1.165) is 53.8 Å². The van der Waals surface area contributed by atoms with E-state index in [2.05, 4.69) is 22.3 Å². The molecule has 3 aromatic rings. The molecule has 1 fully saturated rings. The lowest BCUT2D eigenvalue weighted by Gasteiger charge is -2.15. The van der Waals surface area contributed by atoms with E-state index in [-0.39, 0.29) is 5.91 Å². The number of nitrogens with zero attached hydrogens (tertiary/aromatic N) is 4. The van der Waals surface area contributed by atoms with Crippen LogP contribution in [-0.2, 0) is 19.9 Å². The number of aryl methyl sites for hydroxylation is 3. The zero-order valence-corrected chi connectivity index (χ0v) is 16.7. The molecule has 140 valence electrons. The maximum Gasteiger partial charge on any atom is 0.258 e. The second-order valence-corrected chi connectivity index (χ2v) is 9.05. The van der Waals surface area contributed by atoms with E-state index in [0.29, 0.717) is 22.5 Å². The highest BCUT2D eigenvalue weighted by molar-refractivity contribution is 7.15. The maximum absolute atomic E-state index is 13.2. The minimum atomic E-state index is -0.112. The molecule has 0 aliphatic heterocycles. The van der Waals surface area contributed by atoms with Gasteiger partial charge in [-0.25, -0.2) is 9.97 Å². The van der Waals surface area contributed by atoms with E-state index in [4.69, 9.17) is 4.98 Å². The van der Waals surface area contributed by atoms with Crippen molar-refractivity contribution in [1.82, 2.24) is 19.7 Å². The van der Waals surface area contributed by atoms with E-state index in [1.54, 1.807) is 16.0 Å². The summed E-state index contributed by atoms with van der Waals surface area (Å²) in [7, 11) is 1.89. The maximum atomic E-state index is 13.2. The fraction of sp³-hybridized carbons (Fsp3) is 0.500. The van der Waals surface area contributed by atoms with E-state index < -0.39 is 0 Å². The van der Waals surface area contributed by atoms with Crippen LogP contribution in [0.4, 0.5) is 5.13 Å². The average Bonchev–Trinajstić information content (AvgIpc) is 3.35. The molecule has 3 aromatic heterocycles. The van der Waals surface area contributed by atoms with Crippen molar-refractivity contribution in [3.8, 4) is 0 Å². The quantitative estimate of drug-likeness (QED) is 0.745. The zero-order chi connectivity index (χ0) is 18.7. The van der Waals surface area contributed by atoms with Crippen molar-refractivity contribution in [3.05, 3.63) is 33.6 Å². The number of pyridine rings is 1. The van der Waals surface area contributed by atoms with Crippen molar-refractivity contribution < 1.29 is 4.79 Å². The first-order valence-electron chi connectivity index (χ1n) is 9.63. The summed E-state index contributed by atoms with van der Waals surface area (Å²) >= 11 is 1.62. The van der Waals surface area contributed by atoms with Gasteiger partial charge in [0, 0.05) is 23.5 Å². The smallest absolute Gasteiger partial charge is 0.258 e. The first kappa shape index (κ1) is 16.9. The Bertz CT molecular complexity index is 1060. The fourth-order valence-corrected chi connectivity index (χ4v) is 5.16. The molecule has 1 amide bonds. The molecule has 1 atom stereocenters. The highest BCUT2D eigenvalue weighted by atomic mass is 32.1. The first-order chi connectivity index (χ1) is 13.0. The molecule has 0 saturated heterocycles. The summed E-state index contributed by atoms with van der Waals surface area (Å²) in [5, 5.41) is 9.08. The summed E-state index contributed by atoms with van der Waals surface area (Å²) in [6.07, 6.45) is 5.54. The lowest BCUT2D eigenvalue weighted by molar-refractivity contribution is 0.102. The predicted molar refractivity (Wildman–Crippen MR) is 106 cm³/mol. The second kappa shape index (κ2) is 6.12. The SMILES string of the molecule is Cc1nn(C)c2nc(C3CC3)cc(C(=O)Nc3nc4c(s3)CC(C)CC4)c12. The molecule has 0 spiro atoms. The molecule has 3 heterocycles. The topological polar surface area (TPSA) is 72.7 Å². The van der Waals surface area contributed by atoms with Crippen molar-refractivity contribution in [3.63, 3.8) is 0 Å². The lowest BCUT2D eigenvalue weighted by Crippen LogP contribution is -2.14. The predicted octanol–water partition coefficient (Wildman–Crippen LogP) is 3.99. The van der Waals surface area contributed by atoms with Crippen LogP contribution in [0.3, 0.4) is 0 Å². The van der Waals surface area contributed by atoms with Gasteiger partial charge in [0.15, 0.2) is 10.8 Å². The number of nitrogens with one attached hydrogen (secondary N) is 1. The Kier molecular flexibility index (Phi) is 3.82. The van der Waals surface area contributed by atoms with Gasteiger partial charge in [0.2, 0.25) is 0 Å². The Morgan fingerprint density at radius 1 is 1.30 bits per heavy atom. The number of anilines is 1.